The van der Waals surface area contributed by atoms with E-state index in [-0.39, 0.29) is 23.1 Å². The molecule has 0 N–H and O–H groups in total. The zero-order valence-electron chi connectivity index (χ0n) is 12.2. The van der Waals surface area contributed by atoms with Gasteiger partial charge in [0.25, 0.3) is 0 Å². The van der Waals surface area contributed by atoms with E-state index in [2.05, 4.69) is 6.58 Å². The van der Waals surface area contributed by atoms with Crippen LogP contribution in [0.1, 0.15) is 47.0 Å². The molecule has 0 aromatic rings. The molecule has 0 spiro atoms. The Bertz CT molecular complexity index is 529. The van der Waals surface area contributed by atoms with Crippen molar-refractivity contribution in [3.63, 3.8) is 0 Å². The van der Waals surface area contributed by atoms with E-state index in [4.69, 9.17) is 0 Å². The molecule has 19 heavy (non-hydrogen) atoms. The summed E-state index contributed by atoms with van der Waals surface area (Å²) in [4.78, 5) is 12.4. The van der Waals surface area contributed by atoms with Gasteiger partial charge in [-0.25, -0.2) is 12.7 Å². The Morgan fingerprint density at radius 2 is 2.05 bits per heavy atom. The summed E-state index contributed by atoms with van der Waals surface area (Å²) in [5, 5.41) is 0. The maximum absolute atomic E-state index is 12.4. The molecule has 2 rings (SSSR count). The lowest BCUT2D eigenvalue weighted by Gasteiger charge is -2.48. The van der Waals surface area contributed by atoms with Crippen molar-refractivity contribution in [1.29, 1.82) is 0 Å². The molecule has 2 aliphatic rings. The highest BCUT2D eigenvalue weighted by Gasteiger charge is 2.64. The fourth-order valence-electron chi connectivity index (χ4n) is 3.29. The molecule has 1 aliphatic heterocycles. The average Bonchev–Trinajstić information content (AvgIpc) is 2.42. The third kappa shape index (κ3) is 1.93. The van der Waals surface area contributed by atoms with Crippen LogP contribution in [0.15, 0.2) is 12.2 Å². The van der Waals surface area contributed by atoms with E-state index in [1.165, 1.54) is 0 Å². The first-order valence-electron chi connectivity index (χ1n) is 6.81. The first-order chi connectivity index (χ1) is 8.56. The van der Waals surface area contributed by atoms with Gasteiger partial charge in [0.05, 0.1) is 11.8 Å². The summed E-state index contributed by atoms with van der Waals surface area (Å²) < 4.78 is 26.0. The van der Waals surface area contributed by atoms with E-state index in [0.29, 0.717) is 6.42 Å². The van der Waals surface area contributed by atoms with Crippen LogP contribution in [0.2, 0.25) is 0 Å². The first-order valence-corrected chi connectivity index (χ1v) is 8.42. The summed E-state index contributed by atoms with van der Waals surface area (Å²) in [6.07, 6.45) is 2.33. The van der Waals surface area contributed by atoms with E-state index < -0.39 is 15.4 Å². The van der Waals surface area contributed by atoms with Gasteiger partial charge in [-0.15, -0.1) is 0 Å². The highest BCUT2D eigenvalue weighted by Crippen LogP contribution is 2.58. The van der Waals surface area contributed by atoms with Gasteiger partial charge in [-0.05, 0) is 12.8 Å². The van der Waals surface area contributed by atoms with Gasteiger partial charge in [0.1, 0.15) is 0 Å². The Balaban J connectivity index is 2.43. The molecule has 0 radical (unpaired) electrons. The molecule has 2 unspecified atom stereocenters. The van der Waals surface area contributed by atoms with Crippen molar-refractivity contribution in [3.05, 3.63) is 12.2 Å². The number of hydrogen-bond donors (Lipinski definition) is 0. The van der Waals surface area contributed by atoms with E-state index in [1.54, 1.807) is 20.8 Å². The molecular formula is C14H23NO3S. The van der Waals surface area contributed by atoms with Crippen molar-refractivity contribution in [1.82, 2.24) is 4.31 Å². The van der Waals surface area contributed by atoms with Crippen molar-refractivity contribution in [3.8, 4) is 0 Å². The van der Waals surface area contributed by atoms with Crippen molar-refractivity contribution < 1.29 is 13.2 Å². The monoisotopic (exact) mass is 285 g/mol. The molecule has 1 aliphatic carbocycles. The SMILES string of the molecule is C=C1CC2N(C(=O)C(C)(C)C)S(=O)(=O)CC12CCC. The first kappa shape index (κ1) is 14.6. The Hall–Kier alpha value is -0.840. The summed E-state index contributed by atoms with van der Waals surface area (Å²) >= 11 is 0. The number of nitrogens with zero attached hydrogens (tertiary/aromatic N) is 1. The van der Waals surface area contributed by atoms with Crippen molar-refractivity contribution in [2.75, 3.05) is 5.75 Å². The highest BCUT2D eigenvalue weighted by molar-refractivity contribution is 7.90. The van der Waals surface area contributed by atoms with Gasteiger partial charge in [-0.2, -0.15) is 0 Å². The fourth-order valence-corrected chi connectivity index (χ4v) is 5.81. The summed E-state index contributed by atoms with van der Waals surface area (Å²) in [6.45, 7) is 11.3. The van der Waals surface area contributed by atoms with Crippen molar-refractivity contribution in [2.45, 2.75) is 53.0 Å². The molecule has 108 valence electrons. The van der Waals surface area contributed by atoms with Gasteiger partial charge < -0.3 is 0 Å². The predicted molar refractivity (Wildman–Crippen MR) is 75.0 cm³/mol. The maximum atomic E-state index is 12.4. The molecule has 1 saturated carbocycles. The van der Waals surface area contributed by atoms with Gasteiger partial charge in [-0.3, -0.25) is 4.79 Å². The van der Waals surface area contributed by atoms with E-state index in [1.807, 2.05) is 6.92 Å². The van der Waals surface area contributed by atoms with Crippen LogP contribution >= 0.6 is 0 Å². The second kappa shape index (κ2) is 4.08. The molecule has 2 atom stereocenters. The van der Waals surface area contributed by atoms with E-state index in [9.17, 15) is 13.2 Å². The molecule has 0 aromatic carbocycles. The quantitative estimate of drug-likeness (QED) is 0.732. The summed E-state index contributed by atoms with van der Waals surface area (Å²) in [7, 11) is -3.50. The van der Waals surface area contributed by atoms with Gasteiger partial charge >= 0.3 is 0 Å². The molecule has 4 nitrogen and oxygen atoms in total. The Kier molecular flexibility index (Phi) is 3.12. The van der Waals surface area contributed by atoms with Crippen LogP contribution in [0.4, 0.5) is 0 Å². The summed E-state index contributed by atoms with van der Waals surface area (Å²) in [5.74, 6) is -0.234. The molecule has 1 saturated heterocycles. The third-order valence-electron chi connectivity index (χ3n) is 4.34. The van der Waals surface area contributed by atoms with Gasteiger partial charge in [0.2, 0.25) is 15.9 Å². The lowest BCUT2D eigenvalue weighted by atomic mass is 9.60. The van der Waals surface area contributed by atoms with E-state index in [0.717, 1.165) is 22.7 Å². The smallest absolute Gasteiger partial charge is 0.241 e. The number of hydrogen-bond acceptors (Lipinski definition) is 3. The summed E-state index contributed by atoms with van der Waals surface area (Å²) in [5.41, 5.74) is -0.0621. The molecule has 1 heterocycles. The van der Waals surface area contributed by atoms with E-state index >= 15 is 0 Å². The zero-order chi connectivity index (χ0) is 14.6. The molecule has 5 heteroatoms. The van der Waals surface area contributed by atoms with Gasteiger partial charge in [0.15, 0.2) is 0 Å². The average molecular weight is 285 g/mol. The van der Waals surface area contributed by atoms with Crippen LogP contribution in [0.5, 0.6) is 0 Å². The second-order valence-corrected chi connectivity index (χ2v) is 8.68. The second-order valence-electron chi connectivity index (χ2n) is 6.84. The molecule has 0 aromatic heterocycles. The van der Waals surface area contributed by atoms with Crippen LogP contribution in [0.3, 0.4) is 0 Å². The van der Waals surface area contributed by atoms with Crippen molar-refractivity contribution >= 4 is 15.9 Å². The lowest BCUT2D eigenvalue weighted by Crippen LogP contribution is -2.54. The normalized spacial score (nSPS) is 32.9. The highest BCUT2D eigenvalue weighted by atomic mass is 32.2. The maximum Gasteiger partial charge on any atom is 0.241 e. The number of amides is 1. The van der Waals surface area contributed by atoms with Crippen LogP contribution < -0.4 is 0 Å². The van der Waals surface area contributed by atoms with Gasteiger partial charge in [0, 0.05) is 10.8 Å². The molecule has 2 fully saturated rings. The van der Waals surface area contributed by atoms with Crippen LogP contribution in [0.25, 0.3) is 0 Å². The number of sulfonamides is 1. The topological polar surface area (TPSA) is 54.5 Å². The zero-order valence-corrected chi connectivity index (χ0v) is 13.0. The van der Waals surface area contributed by atoms with Crippen LogP contribution in [0, 0.1) is 10.8 Å². The fraction of sp³-hybridized carbons (Fsp3) is 0.786. The van der Waals surface area contributed by atoms with Crippen molar-refractivity contribution in [2.24, 2.45) is 10.8 Å². The summed E-state index contributed by atoms with van der Waals surface area (Å²) in [6, 6.07) is -0.198. The molecule has 1 amide bonds. The van der Waals surface area contributed by atoms with Crippen LogP contribution in [-0.4, -0.2) is 30.4 Å². The van der Waals surface area contributed by atoms with Gasteiger partial charge in [-0.1, -0.05) is 46.3 Å². The minimum Gasteiger partial charge on any atom is -0.273 e. The van der Waals surface area contributed by atoms with Crippen LogP contribution in [-0.2, 0) is 14.8 Å². The lowest BCUT2D eigenvalue weighted by molar-refractivity contribution is -0.137. The number of carbonyl (C=O) groups is 1. The minimum absolute atomic E-state index is 0.0547. The Labute approximate surface area is 115 Å². The number of rotatable bonds is 2. The molecule has 0 bridgehead atoms. The molecular weight excluding hydrogens is 262 g/mol. The standard InChI is InChI=1S/C14H23NO3S/c1-6-7-14-9-19(17,18)15(11(14)8-10(14)2)12(16)13(3,4)5/h11H,2,6-9H2,1,3-5H3. The Morgan fingerprint density at radius 1 is 1.47 bits per heavy atom. The largest absolute Gasteiger partial charge is 0.273 e. The number of carbonyl (C=O) groups excluding carboxylic acids is 1. The minimum atomic E-state index is -3.50. The number of fused-ring (bicyclic) bond motifs is 1. The Morgan fingerprint density at radius 3 is 2.47 bits per heavy atom. The third-order valence-corrected chi connectivity index (χ3v) is 6.24. The predicted octanol–water partition coefficient (Wildman–Crippen LogP) is 2.32.